The Morgan fingerprint density at radius 2 is 1.67 bits per heavy atom. The van der Waals surface area contributed by atoms with E-state index in [9.17, 15) is 14.4 Å². The number of benzene rings is 2. The van der Waals surface area contributed by atoms with Crippen LogP contribution in [0.4, 0.5) is 16.2 Å². The molecule has 3 aromatic rings. The lowest BCUT2D eigenvalue weighted by Crippen LogP contribution is -2.45. The van der Waals surface area contributed by atoms with Crippen molar-refractivity contribution in [1.29, 1.82) is 0 Å². The van der Waals surface area contributed by atoms with Gasteiger partial charge in [-0.3, -0.25) is 14.5 Å². The van der Waals surface area contributed by atoms with Gasteiger partial charge in [-0.05, 0) is 83.4 Å². The highest BCUT2D eigenvalue weighted by Crippen LogP contribution is 2.24. The van der Waals surface area contributed by atoms with E-state index in [4.69, 9.17) is 9.47 Å². The number of aryl methyl sites for hydroxylation is 2. The van der Waals surface area contributed by atoms with E-state index in [1.807, 2.05) is 44.2 Å². The molecule has 0 spiro atoms. The minimum Gasteiger partial charge on any atom is -0.489 e. The van der Waals surface area contributed by atoms with Gasteiger partial charge in [0, 0.05) is 35.4 Å². The van der Waals surface area contributed by atoms with Crippen molar-refractivity contribution in [2.75, 3.05) is 22.9 Å². The number of ether oxygens (including phenoxy) is 2. The lowest BCUT2D eigenvalue weighted by Gasteiger charge is -2.28. The van der Waals surface area contributed by atoms with Crippen LogP contribution in [-0.4, -0.2) is 56.7 Å². The summed E-state index contributed by atoms with van der Waals surface area (Å²) in [5, 5.41) is 6.39. The summed E-state index contributed by atoms with van der Waals surface area (Å²) >= 11 is 1.29. The van der Waals surface area contributed by atoms with E-state index in [1.54, 1.807) is 45.0 Å². The molecule has 222 valence electrons. The first-order chi connectivity index (χ1) is 19.9. The Bertz CT molecular complexity index is 1420. The van der Waals surface area contributed by atoms with E-state index in [1.165, 1.54) is 16.7 Å². The molecule has 1 unspecified atom stereocenters. The van der Waals surface area contributed by atoms with Crippen molar-refractivity contribution in [1.82, 2.24) is 14.9 Å². The Morgan fingerprint density at radius 1 is 0.976 bits per heavy atom. The third kappa shape index (κ3) is 9.20. The van der Waals surface area contributed by atoms with Crippen molar-refractivity contribution < 1.29 is 23.9 Å². The number of aromatic nitrogens is 2. The zero-order chi connectivity index (χ0) is 30.3. The van der Waals surface area contributed by atoms with Gasteiger partial charge in [-0.25, -0.2) is 14.8 Å². The van der Waals surface area contributed by atoms with Crippen LogP contribution in [0.25, 0.3) is 0 Å². The average molecular weight is 592 g/mol. The Morgan fingerprint density at radius 3 is 2.38 bits per heavy atom. The summed E-state index contributed by atoms with van der Waals surface area (Å²) < 4.78 is 11.4. The van der Waals surface area contributed by atoms with Gasteiger partial charge in [-0.1, -0.05) is 30.0 Å². The van der Waals surface area contributed by atoms with Crippen molar-refractivity contribution in [2.45, 2.75) is 70.9 Å². The van der Waals surface area contributed by atoms with Crippen LogP contribution in [0.5, 0.6) is 5.75 Å². The maximum atomic E-state index is 13.0. The third-order valence-corrected chi connectivity index (χ3v) is 7.04. The fourth-order valence-electron chi connectivity index (χ4n) is 4.46. The topological polar surface area (TPSA) is 123 Å². The monoisotopic (exact) mass is 591 g/mol. The lowest BCUT2D eigenvalue weighted by atomic mass is 10.2. The molecule has 42 heavy (non-hydrogen) atoms. The summed E-state index contributed by atoms with van der Waals surface area (Å²) in [5.41, 5.74) is 3.20. The number of carbonyl (C=O) groups excluding carboxylic acids is 3. The van der Waals surface area contributed by atoms with E-state index in [0.717, 1.165) is 23.4 Å². The number of rotatable bonds is 9. The summed E-state index contributed by atoms with van der Waals surface area (Å²) in [6.45, 7) is 9.95. The van der Waals surface area contributed by atoms with Gasteiger partial charge in [-0.15, -0.1) is 0 Å². The maximum absolute atomic E-state index is 13.0. The summed E-state index contributed by atoms with van der Waals surface area (Å²) in [5.74, 6) is 0.346. The third-order valence-electron chi connectivity index (χ3n) is 6.20. The average Bonchev–Trinajstić information content (AvgIpc) is 3.41. The second-order valence-corrected chi connectivity index (χ2v) is 12.1. The Hall–Kier alpha value is -4.12. The number of nitrogens with zero attached hydrogens (tertiary/aromatic N) is 3. The van der Waals surface area contributed by atoms with Crippen LogP contribution in [0, 0.1) is 13.8 Å². The molecule has 0 saturated carbocycles. The SMILES string of the molecule is Cc1cc(C)nc(SCC(=O)Nc2cccc(COc3cccc(NC(=O)C4CCCN4C(=O)OC(C)(C)C)c3)c2)n1. The number of anilines is 2. The summed E-state index contributed by atoms with van der Waals surface area (Å²) in [6, 6.07) is 15.8. The molecule has 1 atom stereocenters. The highest BCUT2D eigenvalue weighted by atomic mass is 32.2. The molecule has 2 aromatic carbocycles. The largest absolute Gasteiger partial charge is 0.489 e. The second-order valence-electron chi connectivity index (χ2n) is 11.1. The molecule has 1 aromatic heterocycles. The molecule has 11 heteroatoms. The molecule has 4 rings (SSSR count). The number of hydrogen-bond donors (Lipinski definition) is 2. The van der Waals surface area contributed by atoms with E-state index in [2.05, 4.69) is 20.6 Å². The van der Waals surface area contributed by atoms with Gasteiger partial charge in [0.15, 0.2) is 5.16 Å². The zero-order valence-corrected chi connectivity index (χ0v) is 25.4. The van der Waals surface area contributed by atoms with Crippen molar-refractivity contribution in [2.24, 2.45) is 0 Å². The number of carbonyl (C=O) groups is 3. The molecule has 3 amide bonds. The Kier molecular flexibility index (Phi) is 10.1. The maximum Gasteiger partial charge on any atom is 0.410 e. The van der Waals surface area contributed by atoms with Crippen molar-refractivity contribution in [3.05, 3.63) is 71.5 Å². The highest BCUT2D eigenvalue weighted by molar-refractivity contribution is 7.99. The van der Waals surface area contributed by atoms with Crippen LogP contribution < -0.4 is 15.4 Å². The molecular formula is C31H37N5O5S. The van der Waals surface area contributed by atoms with Crippen molar-refractivity contribution in [3.63, 3.8) is 0 Å². The van der Waals surface area contributed by atoms with Crippen LogP contribution in [0.15, 0.2) is 59.8 Å². The highest BCUT2D eigenvalue weighted by Gasteiger charge is 2.36. The van der Waals surface area contributed by atoms with E-state index in [-0.39, 0.29) is 24.2 Å². The van der Waals surface area contributed by atoms with Crippen LogP contribution in [0.2, 0.25) is 0 Å². The molecule has 10 nitrogen and oxygen atoms in total. The first-order valence-corrected chi connectivity index (χ1v) is 14.8. The van der Waals surface area contributed by atoms with Gasteiger partial charge in [-0.2, -0.15) is 0 Å². The van der Waals surface area contributed by atoms with Crippen LogP contribution in [0.1, 0.15) is 50.6 Å². The first kappa shape index (κ1) is 30.8. The Balaban J connectivity index is 1.29. The molecule has 2 heterocycles. The molecule has 0 bridgehead atoms. The van der Waals surface area contributed by atoms with Crippen molar-refractivity contribution in [3.8, 4) is 5.75 Å². The molecule has 1 fully saturated rings. The number of hydrogen-bond acceptors (Lipinski definition) is 8. The van der Waals surface area contributed by atoms with Gasteiger partial charge < -0.3 is 20.1 Å². The summed E-state index contributed by atoms with van der Waals surface area (Å²) in [4.78, 5) is 48.3. The first-order valence-electron chi connectivity index (χ1n) is 13.8. The van der Waals surface area contributed by atoms with Gasteiger partial charge in [0.1, 0.15) is 24.0 Å². The summed E-state index contributed by atoms with van der Waals surface area (Å²) in [7, 11) is 0. The molecule has 0 aliphatic carbocycles. The number of thioether (sulfide) groups is 1. The Labute approximate surface area is 250 Å². The van der Waals surface area contributed by atoms with E-state index >= 15 is 0 Å². The van der Waals surface area contributed by atoms with Gasteiger partial charge >= 0.3 is 6.09 Å². The van der Waals surface area contributed by atoms with Crippen LogP contribution >= 0.6 is 11.8 Å². The molecular weight excluding hydrogens is 554 g/mol. The van der Waals surface area contributed by atoms with Gasteiger partial charge in [0.05, 0.1) is 5.75 Å². The molecule has 0 radical (unpaired) electrons. The minimum atomic E-state index is -0.632. The second kappa shape index (κ2) is 13.7. The summed E-state index contributed by atoms with van der Waals surface area (Å²) in [6.07, 6.45) is 0.830. The number of nitrogens with one attached hydrogen (secondary N) is 2. The fourth-order valence-corrected chi connectivity index (χ4v) is 5.21. The number of likely N-dealkylation sites (tertiary alicyclic amines) is 1. The van der Waals surface area contributed by atoms with Gasteiger partial charge in [0.2, 0.25) is 11.8 Å². The normalized spacial score (nSPS) is 14.8. The minimum absolute atomic E-state index is 0.156. The van der Waals surface area contributed by atoms with Gasteiger partial charge in [0.25, 0.3) is 0 Å². The molecule has 1 saturated heterocycles. The molecule has 1 aliphatic heterocycles. The molecule has 2 N–H and O–H groups in total. The smallest absolute Gasteiger partial charge is 0.410 e. The van der Waals surface area contributed by atoms with Crippen LogP contribution in [-0.2, 0) is 20.9 Å². The van der Waals surface area contributed by atoms with E-state index < -0.39 is 17.7 Å². The van der Waals surface area contributed by atoms with E-state index in [0.29, 0.717) is 35.2 Å². The zero-order valence-electron chi connectivity index (χ0n) is 24.6. The molecule has 1 aliphatic rings. The predicted octanol–water partition coefficient (Wildman–Crippen LogP) is 5.74. The van der Waals surface area contributed by atoms with Crippen LogP contribution in [0.3, 0.4) is 0 Å². The quantitative estimate of drug-likeness (QED) is 0.239. The predicted molar refractivity (Wildman–Crippen MR) is 163 cm³/mol. The number of amides is 3. The lowest BCUT2D eigenvalue weighted by molar-refractivity contribution is -0.120. The fraction of sp³-hybridized carbons (Fsp3) is 0.387. The van der Waals surface area contributed by atoms with Crippen molar-refractivity contribution >= 4 is 41.0 Å². The standard InChI is InChI=1S/C31H37N5O5S/c1-20-15-21(2)33-29(32-20)42-19-27(37)34-23-10-6-9-22(16-23)18-40-25-12-7-11-24(17-25)35-28(38)26-13-8-14-36(26)30(39)41-31(3,4)5/h6-7,9-12,15-17,26H,8,13-14,18-19H2,1-5H3,(H,34,37)(H,35,38).